The van der Waals surface area contributed by atoms with Crippen molar-refractivity contribution in [3.8, 4) is 0 Å². The van der Waals surface area contributed by atoms with Crippen molar-refractivity contribution in [1.29, 1.82) is 0 Å². The molecule has 1 aromatic carbocycles. The first-order valence-electron chi connectivity index (χ1n) is 6.66. The molecule has 1 aliphatic carbocycles. The van der Waals surface area contributed by atoms with E-state index in [-0.39, 0.29) is 12.5 Å². The average Bonchev–Trinajstić information content (AvgIpc) is 3.22. The van der Waals surface area contributed by atoms with Gasteiger partial charge in [0.05, 0.1) is 12.3 Å². The molecule has 1 aliphatic rings. The molecule has 20 heavy (non-hydrogen) atoms. The number of carbonyl (C=O) groups is 1. The Hall–Kier alpha value is -2.27. The van der Waals surface area contributed by atoms with Crippen molar-refractivity contribution in [3.05, 3.63) is 47.8 Å². The first-order valence-corrected chi connectivity index (χ1v) is 6.66. The topological polar surface area (TPSA) is 80.3 Å². The Labute approximate surface area is 117 Å². The molecule has 0 radical (unpaired) electrons. The summed E-state index contributed by atoms with van der Waals surface area (Å²) in [7, 11) is 0. The van der Waals surface area contributed by atoms with Gasteiger partial charge in [-0.25, -0.2) is 0 Å². The van der Waals surface area contributed by atoms with E-state index in [0.717, 1.165) is 18.4 Å². The van der Waals surface area contributed by atoms with Gasteiger partial charge in [-0.3, -0.25) is 4.79 Å². The van der Waals surface area contributed by atoms with E-state index in [2.05, 4.69) is 5.32 Å². The van der Waals surface area contributed by atoms with Gasteiger partial charge in [-0.2, -0.15) is 0 Å². The zero-order chi connectivity index (χ0) is 14.1. The van der Waals surface area contributed by atoms with Crippen LogP contribution in [-0.4, -0.2) is 15.6 Å². The highest BCUT2D eigenvalue weighted by Crippen LogP contribution is 2.37. The monoisotopic (exact) mass is 271 g/mol. The molecule has 2 aromatic rings. The highest BCUT2D eigenvalue weighted by molar-refractivity contribution is 6.03. The van der Waals surface area contributed by atoms with E-state index < -0.39 is 0 Å². The summed E-state index contributed by atoms with van der Waals surface area (Å²) in [6.07, 6.45) is 4.01. The van der Waals surface area contributed by atoms with E-state index in [9.17, 15) is 4.79 Å². The first kappa shape index (κ1) is 12.7. The van der Waals surface area contributed by atoms with Gasteiger partial charge in [0.1, 0.15) is 5.69 Å². The van der Waals surface area contributed by atoms with E-state index in [0.29, 0.717) is 23.1 Å². The fourth-order valence-corrected chi connectivity index (χ4v) is 2.23. The first-order chi connectivity index (χ1) is 9.67. The normalized spacial score (nSPS) is 14.2. The maximum atomic E-state index is 12.3. The number of nitrogen functional groups attached to an aromatic ring is 1. The molecule has 1 heterocycles. The second kappa shape index (κ2) is 5.02. The smallest absolute Gasteiger partial charge is 0.272 e. The number of anilines is 2. The summed E-state index contributed by atoms with van der Waals surface area (Å²) in [6, 6.07) is 9.22. The number of aliphatic hydroxyl groups excluding tert-OH is 1. The lowest BCUT2D eigenvalue weighted by molar-refractivity contribution is 0.101. The molecule has 0 bridgehead atoms. The number of aromatic nitrogens is 1. The van der Waals surface area contributed by atoms with Crippen LogP contribution in [0.1, 0.15) is 34.9 Å². The van der Waals surface area contributed by atoms with Crippen molar-refractivity contribution in [2.45, 2.75) is 25.5 Å². The quantitative estimate of drug-likeness (QED) is 0.797. The summed E-state index contributed by atoms with van der Waals surface area (Å²) in [5.74, 6) is -0.162. The Bertz CT molecular complexity index is 627. The van der Waals surface area contributed by atoms with Crippen molar-refractivity contribution >= 4 is 17.3 Å². The third-order valence-electron chi connectivity index (χ3n) is 3.44. The zero-order valence-corrected chi connectivity index (χ0v) is 11.0. The van der Waals surface area contributed by atoms with E-state index in [1.807, 2.05) is 10.8 Å². The summed E-state index contributed by atoms with van der Waals surface area (Å²) in [4.78, 5) is 12.3. The largest absolute Gasteiger partial charge is 0.397 e. The van der Waals surface area contributed by atoms with Gasteiger partial charge in [0.2, 0.25) is 0 Å². The van der Waals surface area contributed by atoms with Gasteiger partial charge >= 0.3 is 0 Å². The summed E-state index contributed by atoms with van der Waals surface area (Å²) >= 11 is 0. The van der Waals surface area contributed by atoms with Gasteiger partial charge < -0.3 is 20.7 Å². The van der Waals surface area contributed by atoms with Crippen LogP contribution in [0.4, 0.5) is 11.4 Å². The Kier molecular flexibility index (Phi) is 3.20. The molecule has 3 rings (SSSR count). The number of nitrogens with one attached hydrogen (secondary N) is 1. The lowest BCUT2D eigenvalue weighted by Gasteiger charge is -2.09. The van der Waals surface area contributed by atoms with E-state index >= 15 is 0 Å². The Morgan fingerprint density at radius 2 is 2.05 bits per heavy atom. The van der Waals surface area contributed by atoms with Crippen molar-refractivity contribution in [2.75, 3.05) is 11.1 Å². The fraction of sp³-hybridized carbons (Fsp3) is 0.267. The lowest BCUT2D eigenvalue weighted by Crippen LogP contribution is -2.16. The maximum absolute atomic E-state index is 12.3. The molecule has 1 saturated carbocycles. The van der Waals surface area contributed by atoms with Crippen LogP contribution in [0.2, 0.25) is 0 Å². The van der Waals surface area contributed by atoms with Gasteiger partial charge in [0.25, 0.3) is 5.91 Å². The third kappa shape index (κ3) is 2.53. The summed E-state index contributed by atoms with van der Waals surface area (Å²) < 4.78 is 1.95. The average molecular weight is 271 g/mol. The second-order valence-electron chi connectivity index (χ2n) is 5.11. The predicted octanol–water partition coefficient (Wildman–Crippen LogP) is 2.15. The van der Waals surface area contributed by atoms with Crippen molar-refractivity contribution in [2.24, 2.45) is 0 Å². The number of nitrogens with zero attached hydrogens (tertiary/aromatic N) is 1. The van der Waals surface area contributed by atoms with Crippen LogP contribution in [0.25, 0.3) is 0 Å². The highest BCUT2D eigenvalue weighted by Gasteiger charge is 2.27. The molecule has 0 saturated heterocycles. The molecule has 5 nitrogen and oxygen atoms in total. The number of benzene rings is 1. The Balaban J connectivity index is 1.78. The van der Waals surface area contributed by atoms with E-state index in [4.69, 9.17) is 10.8 Å². The molecular weight excluding hydrogens is 254 g/mol. The van der Waals surface area contributed by atoms with Gasteiger partial charge in [-0.15, -0.1) is 0 Å². The van der Waals surface area contributed by atoms with Crippen LogP contribution in [-0.2, 0) is 6.61 Å². The molecule has 0 atom stereocenters. The standard InChI is InChI=1S/C15H17N3O2/c16-11-7-14(18(8-11)13-5-6-13)15(20)17-12-3-1-10(9-19)2-4-12/h1-4,7-8,13,19H,5-6,9,16H2,(H,17,20). The highest BCUT2D eigenvalue weighted by atomic mass is 16.3. The van der Waals surface area contributed by atoms with Crippen molar-refractivity contribution < 1.29 is 9.90 Å². The van der Waals surface area contributed by atoms with Gasteiger partial charge in [-0.1, -0.05) is 12.1 Å². The zero-order valence-electron chi connectivity index (χ0n) is 11.0. The lowest BCUT2D eigenvalue weighted by atomic mass is 10.2. The van der Waals surface area contributed by atoms with E-state index in [1.54, 1.807) is 30.3 Å². The SMILES string of the molecule is Nc1cc(C(=O)Nc2ccc(CO)cc2)n(C2CC2)c1. The van der Waals surface area contributed by atoms with Gasteiger partial charge in [-0.05, 0) is 36.6 Å². The summed E-state index contributed by atoms with van der Waals surface area (Å²) in [5, 5.41) is 11.8. The molecule has 4 N–H and O–H groups in total. The Morgan fingerprint density at radius 1 is 1.35 bits per heavy atom. The molecule has 1 amide bonds. The van der Waals surface area contributed by atoms with Gasteiger partial charge in [0.15, 0.2) is 0 Å². The molecule has 104 valence electrons. The minimum atomic E-state index is -0.162. The molecule has 1 fully saturated rings. The molecule has 0 aliphatic heterocycles. The van der Waals surface area contributed by atoms with Crippen LogP contribution < -0.4 is 11.1 Å². The van der Waals surface area contributed by atoms with Crippen LogP contribution >= 0.6 is 0 Å². The maximum Gasteiger partial charge on any atom is 0.272 e. The number of hydrogen-bond acceptors (Lipinski definition) is 3. The van der Waals surface area contributed by atoms with Gasteiger partial charge in [0, 0.05) is 17.9 Å². The van der Waals surface area contributed by atoms with Crippen molar-refractivity contribution in [3.63, 3.8) is 0 Å². The molecule has 5 heteroatoms. The minimum Gasteiger partial charge on any atom is -0.397 e. The number of rotatable bonds is 4. The summed E-state index contributed by atoms with van der Waals surface area (Å²) in [5.41, 5.74) is 8.50. The van der Waals surface area contributed by atoms with Crippen LogP contribution in [0, 0.1) is 0 Å². The number of carbonyl (C=O) groups excluding carboxylic acids is 1. The third-order valence-corrected chi connectivity index (χ3v) is 3.44. The Morgan fingerprint density at radius 3 is 2.65 bits per heavy atom. The van der Waals surface area contributed by atoms with Crippen LogP contribution in [0.5, 0.6) is 0 Å². The van der Waals surface area contributed by atoms with Crippen LogP contribution in [0.3, 0.4) is 0 Å². The molecule has 0 spiro atoms. The minimum absolute atomic E-state index is 0.00467. The summed E-state index contributed by atoms with van der Waals surface area (Å²) in [6.45, 7) is -0.00467. The predicted molar refractivity (Wildman–Crippen MR) is 77.4 cm³/mol. The number of amides is 1. The molecule has 1 aromatic heterocycles. The van der Waals surface area contributed by atoms with Crippen molar-refractivity contribution in [1.82, 2.24) is 4.57 Å². The molecule has 0 unspecified atom stereocenters. The number of aliphatic hydroxyl groups is 1. The number of hydrogen-bond donors (Lipinski definition) is 3. The number of nitrogens with two attached hydrogens (primary N) is 1. The molecular formula is C15H17N3O2. The second-order valence-corrected chi connectivity index (χ2v) is 5.11. The van der Waals surface area contributed by atoms with E-state index in [1.165, 1.54) is 0 Å². The fourth-order valence-electron chi connectivity index (χ4n) is 2.23. The van der Waals surface area contributed by atoms with Crippen LogP contribution in [0.15, 0.2) is 36.5 Å².